The number of fused-ring (bicyclic) bond motifs is 1. The lowest BCUT2D eigenvalue weighted by atomic mass is 10.1. The number of nitrogens with zero attached hydrogens (tertiary/aromatic N) is 1. The molecule has 1 amide bonds. The summed E-state index contributed by atoms with van der Waals surface area (Å²) in [4.78, 5) is 15.8. The lowest BCUT2D eigenvalue weighted by molar-refractivity contribution is -0.115. The first-order valence-corrected chi connectivity index (χ1v) is 10.6. The van der Waals surface area contributed by atoms with Crippen molar-refractivity contribution in [3.05, 3.63) is 63.8 Å². The van der Waals surface area contributed by atoms with Crippen molar-refractivity contribution in [3.8, 4) is 5.75 Å². The summed E-state index contributed by atoms with van der Waals surface area (Å²) in [5.74, 6) is -0.0846. The third-order valence-corrected chi connectivity index (χ3v) is 5.27. The Labute approximate surface area is 202 Å². The molecule has 0 fully saturated rings. The van der Waals surface area contributed by atoms with Crippen LogP contribution in [0.4, 0.5) is 0 Å². The number of benzene rings is 2. The number of amides is 1. The van der Waals surface area contributed by atoms with Crippen LogP contribution in [0.1, 0.15) is 17.5 Å². The third-order valence-electron chi connectivity index (χ3n) is 4.78. The topological polar surface area (TPSA) is 113 Å². The number of nitrogens with two attached hydrogens (primary N) is 1. The predicted molar refractivity (Wildman–Crippen MR) is 131 cm³/mol. The monoisotopic (exact) mass is 498 g/mol. The lowest BCUT2D eigenvalue weighted by Gasteiger charge is -2.14. The molecule has 7 nitrogen and oxygen atoms in total. The zero-order valence-electron chi connectivity index (χ0n) is 17.2. The highest BCUT2D eigenvalue weighted by Crippen LogP contribution is 2.33. The summed E-state index contributed by atoms with van der Waals surface area (Å²) in [5, 5.41) is 17.2. The summed E-state index contributed by atoms with van der Waals surface area (Å²) in [6, 6.07) is 11.1. The van der Waals surface area contributed by atoms with Crippen LogP contribution >= 0.6 is 35.6 Å². The van der Waals surface area contributed by atoms with Crippen molar-refractivity contribution in [1.82, 2.24) is 10.3 Å². The maximum absolute atomic E-state index is 12.6. The van der Waals surface area contributed by atoms with Crippen LogP contribution in [0.2, 0.25) is 10.0 Å². The Kier molecular flexibility index (Phi) is 10.1. The van der Waals surface area contributed by atoms with E-state index in [2.05, 4.69) is 15.5 Å². The molecule has 0 aliphatic rings. The molecule has 0 radical (unpaired) electrons. The van der Waals surface area contributed by atoms with Gasteiger partial charge in [0.25, 0.3) is 5.91 Å². The molecular formula is C22H25Cl3N4O3. The molecule has 2 aromatic carbocycles. The minimum absolute atomic E-state index is 0. The SMILES string of the molecule is Cl.NCCCOc1c(Cl)cc(Cl)cc1C/C(=N\O)C(=O)NCCc1c[nH]c2ccccc12. The average molecular weight is 500 g/mol. The van der Waals surface area contributed by atoms with E-state index in [1.165, 1.54) is 0 Å². The first-order valence-electron chi connectivity index (χ1n) is 9.88. The fraction of sp³-hybridized carbons (Fsp3) is 0.273. The van der Waals surface area contributed by atoms with Crippen molar-refractivity contribution in [1.29, 1.82) is 0 Å². The summed E-state index contributed by atoms with van der Waals surface area (Å²) >= 11 is 12.4. The van der Waals surface area contributed by atoms with E-state index in [1.54, 1.807) is 12.1 Å². The number of oxime groups is 1. The van der Waals surface area contributed by atoms with Gasteiger partial charge in [-0.1, -0.05) is 46.6 Å². The molecule has 0 bridgehead atoms. The summed E-state index contributed by atoms with van der Waals surface area (Å²) in [7, 11) is 0. The van der Waals surface area contributed by atoms with Crippen LogP contribution in [0.3, 0.4) is 0 Å². The van der Waals surface area contributed by atoms with E-state index in [1.807, 2.05) is 30.5 Å². The summed E-state index contributed by atoms with van der Waals surface area (Å²) in [6.45, 7) is 1.23. The normalized spacial score (nSPS) is 11.3. The second-order valence-electron chi connectivity index (χ2n) is 6.96. The Hall–Kier alpha value is -2.45. The second-order valence-corrected chi connectivity index (χ2v) is 7.80. The molecule has 5 N–H and O–H groups in total. The van der Waals surface area contributed by atoms with Gasteiger partial charge in [-0.15, -0.1) is 12.4 Å². The molecule has 3 rings (SSSR count). The molecule has 32 heavy (non-hydrogen) atoms. The van der Waals surface area contributed by atoms with Gasteiger partial charge in [0.15, 0.2) is 0 Å². The number of ether oxygens (including phenoxy) is 1. The van der Waals surface area contributed by atoms with E-state index in [0.717, 1.165) is 16.5 Å². The predicted octanol–water partition coefficient (Wildman–Crippen LogP) is 4.36. The van der Waals surface area contributed by atoms with Gasteiger partial charge in [-0.25, -0.2) is 0 Å². The minimum Gasteiger partial charge on any atom is -0.492 e. The number of aromatic nitrogens is 1. The van der Waals surface area contributed by atoms with Crippen molar-refractivity contribution >= 4 is 58.1 Å². The van der Waals surface area contributed by atoms with Crippen molar-refractivity contribution in [3.63, 3.8) is 0 Å². The van der Waals surface area contributed by atoms with Crippen molar-refractivity contribution in [2.24, 2.45) is 10.9 Å². The van der Waals surface area contributed by atoms with Crippen LogP contribution in [0.15, 0.2) is 47.8 Å². The second kappa shape index (κ2) is 12.6. The number of hydrogen-bond acceptors (Lipinski definition) is 5. The van der Waals surface area contributed by atoms with Crippen LogP contribution in [0.25, 0.3) is 10.9 Å². The Bertz CT molecular complexity index is 1090. The van der Waals surface area contributed by atoms with Gasteiger partial charge >= 0.3 is 0 Å². The smallest absolute Gasteiger partial charge is 0.269 e. The van der Waals surface area contributed by atoms with E-state index in [4.69, 9.17) is 33.7 Å². The lowest BCUT2D eigenvalue weighted by Crippen LogP contribution is -2.33. The van der Waals surface area contributed by atoms with E-state index in [9.17, 15) is 10.0 Å². The van der Waals surface area contributed by atoms with Gasteiger partial charge in [0.2, 0.25) is 0 Å². The van der Waals surface area contributed by atoms with Gasteiger partial charge < -0.3 is 26.0 Å². The molecule has 0 unspecified atom stereocenters. The van der Waals surface area contributed by atoms with Gasteiger partial charge in [-0.3, -0.25) is 4.79 Å². The molecule has 1 heterocycles. The molecule has 0 atom stereocenters. The minimum atomic E-state index is -0.480. The fourth-order valence-electron chi connectivity index (χ4n) is 3.26. The number of carbonyl (C=O) groups excluding carboxylic acids is 1. The maximum atomic E-state index is 12.6. The van der Waals surface area contributed by atoms with E-state index in [0.29, 0.717) is 53.9 Å². The number of H-pyrrole nitrogens is 1. The highest BCUT2D eigenvalue weighted by atomic mass is 35.5. The fourth-order valence-corrected chi connectivity index (χ4v) is 3.85. The molecule has 0 saturated heterocycles. The van der Waals surface area contributed by atoms with Crippen LogP contribution in [-0.2, 0) is 17.6 Å². The molecule has 10 heteroatoms. The number of hydrogen-bond donors (Lipinski definition) is 4. The van der Waals surface area contributed by atoms with Gasteiger partial charge in [-0.2, -0.15) is 0 Å². The molecular weight excluding hydrogens is 475 g/mol. The number of para-hydroxylation sites is 1. The number of halogens is 3. The standard InChI is InChI=1S/C22H24Cl2N4O3.ClH/c23-16-10-15(21(18(24)12-16)31-9-3-7-25)11-20(28-30)22(29)26-8-6-14-13-27-19-5-2-1-4-17(14)19;/h1-2,4-5,10,12-13,27,30H,3,6-9,11,25H2,(H,26,29);1H/b28-20+;. The first kappa shape index (κ1) is 25.8. The Morgan fingerprint density at radius 2 is 2.00 bits per heavy atom. The largest absolute Gasteiger partial charge is 0.492 e. The molecule has 3 aromatic rings. The van der Waals surface area contributed by atoms with Gasteiger partial charge in [0, 0.05) is 40.7 Å². The van der Waals surface area contributed by atoms with Crippen LogP contribution in [-0.4, -0.2) is 41.5 Å². The van der Waals surface area contributed by atoms with Gasteiger partial charge in [0.1, 0.15) is 11.5 Å². The van der Waals surface area contributed by atoms with E-state index >= 15 is 0 Å². The van der Waals surface area contributed by atoms with E-state index in [-0.39, 0.29) is 24.5 Å². The van der Waals surface area contributed by atoms with Crippen molar-refractivity contribution in [2.75, 3.05) is 19.7 Å². The summed E-state index contributed by atoms with van der Waals surface area (Å²) in [5.41, 5.74) is 8.12. The van der Waals surface area contributed by atoms with Crippen LogP contribution < -0.4 is 15.8 Å². The highest BCUT2D eigenvalue weighted by Gasteiger charge is 2.18. The Morgan fingerprint density at radius 1 is 1.22 bits per heavy atom. The summed E-state index contributed by atoms with van der Waals surface area (Å²) in [6.07, 6.45) is 3.21. The zero-order chi connectivity index (χ0) is 22.2. The summed E-state index contributed by atoms with van der Waals surface area (Å²) < 4.78 is 5.72. The highest BCUT2D eigenvalue weighted by molar-refractivity contribution is 6.39. The van der Waals surface area contributed by atoms with E-state index < -0.39 is 5.91 Å². The van der Waals surface area contributed by atoms with Crippen LogP contribution in [0.5, 0.6) is 5.75 Å². The molecule has 172 valence electrons. The molecule has 0 aliphatic carbocycles. The third kappa shape index (κ3) is 6.53. The first-order chi connectivity index (χ1) is 15.0. The van der Waals surface area contributed by atoms with Crippen molar-refractivity contribution in [2.45, 2.75) is 19.3 Å². The van der Waals surface area contributed by atoms with Crippen molar-refractivity contribution < 1.29 is 14.7 Å². The van der Waals surface area contributed by atoms with Gasteiger partial charge in [0.05, 0.1) is 11.6 Å². The zero-order valence-corrected chi connectivity index (χ0v) is 19.6. The molecule has 0 spiro atoms. The Morgan fingerprint density at radius 3 is 2.75 bits per heavy atom. The maximum Gasteiger partial charge on any atom is 0.269 e. The van der Waals surface area contributed by atoms with Crippen LogP contribution in [0, 0.1) is 0 Å². The number of carbonyl (C=O) groups is 1. The molecule has 1 aromatic heterocycles. The average Bonchev–Trinajstić information content (AvgIpc) is 3.16. The molecule has 0 saturated carbocycles. The quantitative estimate of drug-likeness (QED) is 0.144. The molecule has 0 aliphatic heterocycles. The number of nitrogens with one attached hydrogen (secondary N) is 2. The number of rotatable bonds is 10. The Balaban J connectivity index is 0.00000363. The number of aromatic amines is 1. The van der Waals surface area contributed by atoms with Gasteiger partial charge in [-0.05, 0) is 43.1 Å².